The first-order valence-corrected chi connectivity index (χ1v) is 10.5. The van der Waals surface area contributed by atoms with E-state index in [-0.39, 0.29) is 10.7 Å². The van der Waals surface area contributed by atoms with E-state index in [0.717, 1.165) is 22.5 Å². The summed E-state index contributed by atoms with van der Waals surface area (Å²) in [6.45, 7) is 6.24. The summed E-state index contributed by atoms with van der Waals surface area (Å²) in [5, 5.41) is 2.73. The number of benzene rings is 2. The first kappa shape index (κ1) is 20.8. The Labute approximate surface area is 187 Å². The van der Waals surface area contributed by atoms with E-state index in [0.29, 0.717) is 11.6 Å². The second-order valence-electron chi connectivity index (χ2n) is 7.84. The summed E-state index contributed by atoms with van der Waals surface area (Å²) >= 11 is 5.30. The van der Waals surface area contributed by atoms with E-state index in [1.807, 2.05) is 78.4 Å². The summed E-state index contributed by atoms with van der Waals surface area (Å²) in [4.78, 5) is 27.3. The largest absolute Gasteiger partial charge is 0.317 e. The van der Waals surface area contributed by atoms with E-state index in [1.54, 1.807) is 6.08 Å². The lowest BCUT2D eigenvalue weighted by atomic mass is 10.0. The van der Waals surface area contributed by atoms with Crippen molar-refractivity contribution in [2.24, 2.45) is 0 Å². The molecule has 0 aliphatic carbocycles. The van der Waals surface area contributed by atoms with Crippen LogP contribution in [-0.2, 0) is 9.59 Å². The van der Waals surface area contributed by atoms with E-state index < -0.39 is 11.8 Å². The molecule has 1 aromatic heterocycles. The van der Waals surface area contributed by atoms with Crippen LogP contribution in [0.1, 0.15) is 36.6 Å². The molecule has 0 radical (unpaired) electrons. The van der Waals surface area contributed by atoms with Crippen molar-refractivity contribution in [2.75, 3.05) is 4.90 Å². The smallest absolute Gasteiger partial charge is 0.270 e. The third-order valence-corrected chi connectivity index (χ3v) is 5.59. The van der Waals surface area contributed by atoms with Crippen LogP contribution in [0, 0.1) is 6.92 Å². The summed E-state index contributed by atoms with van der Waals surface area (Å²) < 4.78 is 1.93. The molecule has 31 heavy (non-hydrogen) atoms. The van der Waals surface area contributed by atoms with E-state index >= 15 is 0 Å². The lowest BCUT2D eigenvalue weighted by Crippen LogP contribution is -2.54. The molecule has 156 valence electrons. The van der Waals surface area contributed by atoms with Crippen molar-refractivity contribution < 1.29 is 9.59 Å². The lowest BCUT2D eigenvalue weighted by molar-refractivity contribution is -0.122. The maximum absolute atomic E-state index is 13.3. The van der Waals surface area contributed by atoms with Gasteiger partial charge in [-0.1, -0.05) is 43.7 Å². The van der Waals surface area contributed by atoms with Gasteiger partial charge in [-0.05, 0) is 73.1 Å². The quantitative estimate of drug-likeness (QED) is 0.370. The molecule has 1 saturated heterocycles. The summed E-state index contributed by atoms with van der Waals surface area (Å²) in [5.74, 6) is -0.563. The number of anilines is 1. The Balaban J connectivity index is 1.70. The third-order valence-electron chi connectivity index (χ3n) is 5.30. The molecule has 1 N–H and O–H groups in total. The van der Waals surface area contributed by atoms with Crippen LogP contribution in [0.4, 0.5) is 5.69 Å². The molecular weight excluding hydrogens is 406 g/mol. The fourth-order valence-electron chi connectivity index (χ4n) is 3.50. The molecule has 6 heteroatoms. The predicted octanol–water partition coefficient (Wildman–Crippen LogP) is 4.74. The number of aromatic nitrogens is 1. The number of hydrogen-bond acceptors (Lipinski definition) is 3. The van der Waals surface area contributed by atoms with Crippen molar-refractivity contribution in [2.45, 2.75) is 26.7 Å². The van der Waals surface area contributed by atoms with Crippen molar-refractivity contribution in [1.82, 2.24) is 9.88 Å². The SMILES string of the molecule is Cc1ccc(-n2cccc2/C=C2\C(=O)NC(=S)N(c3ccc(C(C)C)cc3)C2=O)cc1. The predicted molar refractivity (Wildman–Crippen MR) is 127 cm³/mol. The maximum Gasteiger partial charge on any atom is 0.270 e. The molecule has 3 aromatic rings. The first-order valence-electron chi connectivity index (χ1n) is 10.1. The number of rotatable bonds is 4. The monoisotopic (exact) mass is 429 g/mol. The standard InChI is InChI=1S/C25H23N3O2S/c1-16(2)18-8-12-20(13-9-18)28-24(30)22(23(29)26-25(28)31)15-21-5-4-14-27(21)19-10-6-17(3)7-11-19/h4-16H,1-3H3,(H,26,29,31)/b22-15+. The van der Waals surface area contributed by atoms with Gasteiger partial charge in [0, 0.05) is 17.6 Å². The fourth-order valence-corrected chi connectivity index (χ4v) is 3.78. The molecule has 0 unspecified atom stereocenters. The van der Waals surface area contributed by atoms with Gasteiger partial charge in [0.2, 0.25) is 0 Å². The van der Waals surface area contributed by atoms with E-state index in [1.165, 1.54) is 4.90 Å². The highest BCUT2D eigenvalue weighted by molar-refractivity contribution is 7.80. The fraction of sp³-hybridized carbons (Fsp3) is 0.160. The van der Waals surface area contributed by atoms with Crippen molar-refractivity contribution in [3.8, 4) is 5.69 Å². The van der Waals surface area contributed by atoms with Crippen molar-refractivity contribution in [1.29, 1.82) is 0 Å². The van der Waals surface area contributed by atoms with Crippen LogP contribution >= 0.6 is 12.2 Å². The number of hydrogen-bond donors (Lipinski definition) is 1. The zero-order valence-corrected chi connectivity index (χ0v) is 18.4. The van der Waals surface area contributed by atoms with Gasteiger partial charge in [-0.2, -0.15) is 0 Å². The minimum Gasteiger partial charge on any atom is -0.317 e. The van der Waals surface area contributed by atoms with Crippen LogP contribution in [0.15, 0.2) is 72.4 Å². The van der Waals surface area contributed by atoms with Gasteiger partial charge in [0.05, 0.1) is 5.69 Å². The number of nitrogens with zero attached hydrogens (tertiary/aromatic N) is 2. The Hall–Kier alpha value is -3.51. The highest BCUT2D eigenvalue weighted by Gasteiger charge is 2.34. The Morgan fingerprint density at radius 1 is 0.935 bits per heavy atom. The van der Waals surface area contributed by atoms with Gasteiger partial charge in [-0.15, -0.1) is 0 Å². The Morgan fingerprint density at radius 2 is 1.58 bits per heavy atom. The molecular formula is C25H23N3O2S. The number of thiocarbonyl (C=S) groups is 1. The average molecular weight is 430 g/mol. The zero-order chi connectivity index (χ0) is 22.1. The van der Waals surface area contributed by atoms with Crippen LogP contribution in [-0.4, -0.2) is 21.5 Å². The minimum absolute atomic E-state index is 0.0357. The summed E-state index contributed by atoms with van der Waals surface area (Å²) in [7, 11) is 0. The highest BCUT2D eigenvalue weighted by atomic mass is 32.1. The number of aryl methyl sites for hydroxylation is 1. The van der Waals surface area contributed by atoms with E-state index in [9.17, 15) is 9.59 Å². The molecule has 1 aliphatic heterocycles. The van der Waals surface area contributed by atoms with Gasteiger partial charge in [-0.3, -0.25) is 19.8 Å². The summed E-state index contributed by atoms with van der Waals surface area (Å²) in [5.41, 5.74) is 4.65. The molecule has 0 bridgehead atoms. The number of carbonyl (C=O) groups excluding carboxylic acids is 2. The molecule has 0 saturated carbocycles. The second kappa shape index (κ2) is 8.32. The van der Waals surface area contributed by atoms with Crippen LogP contribution < -0.4 is 10.2 Å². The first-order chi connectivity index (χ1) is 14.8. The topological polar surface area (TPSA) is 54.3 Å². The Bertz CT molecular complexity index is 1190. The molecule has 0 atom stereocenters. The lowest BCUT2D eigenvalue weighted by Gasteiger charge is -2.29. The highest BCUT2D eigenvalue weighted by Crippen LogP contribution is 2.25. The minimum atomic E-state index is -0.498. The number of carbonyl (C=O) groups is 2. The van der Waals surface area contributed by atoms with Gasteiger partial charge >= 0.3 is 0 Å². The zero-order valence-electron chi connectivity index (χ0n) is 17.6. The molecule has 1 fully saturated rings. The van der Waals surface area contributed by atoms with Gasteiger partial charge in [-0.25, -0.2) is 0 Å². The number of nitrogens with one attached hydrogen (secondary N) is 1. The molecule has 2 aromatic carbocycles. The summed E-state index contributed by atoms with van der Waals surface area (Å²) in [6.07, 6.45) is 3.50. The van der Waals surface area contributed by atoms with Crippen molar-refractivity contribution >= 4 is 40.9 Å². The molecule has 5 nitrogen and oxygen atoms in total. The van der Waals surface area contributed by atoms with Gasteiger partial charge in [0.15, 0.2) is 5.11 Å². The van der Waals surface area contributed by atoms with E-state index in [4.69, 9.17) is 12.2 Å². The summed E-state index contributed by atoms with van der Waals surface area (Å²) in [6, 6.07) is 19.4. The third kappa shape index (κ3) is 4.07. The number of amides is 2. The van der Waals surface area contributed by atoms with Crippen LogP contribution in [0.3, 0.4) is 0 Å². The van der Waals surface area contributed by atoms with Crippen molar-refractivity contribution in [3.05, 3.63) is 89.3 Å². The Kier molecular flexibility index (Phi) is 5.57. The maximum atomic E-state index is 13.3. The van der Waals surface area contributed by atoms with Crippen LogP contribution in [0.25, 0.3) is 11.8 Å². The van der Waals surface area contributed by atoms with Gasteiger partial charge < -0.3 is 4.57 Å². The van der Waals surface area contributed by atoms with Crippen molar-refractivity contribution in [3.63, 3.8) is 0 Å². The molecule has 2 amide bonds. The Morgan fingerprint density at radius 3 is 2.23 bits per heavy atom. The van der Waals surface area contributed by atoms with Crippen LogP contribution in [0.5, 0.6) is 0 Å². The van der Waals surface area contributed by atoms with Crippen LogP contribution in [0.2, 0.25) is 0 Å². The molecule has 0 spiro atoms. The van der Waals surface area contributed by atoms with Gasteiger partial charge in [0.25, 0.3) is 11.8 Å². The molecule has 4 rings (SSSR count). The second-order valence-corrected chi connectivity index (χ2v) is 8.23. The van der Waals surface area contributed by atoms with Gasteiger partial charge in [0.1, 0.15) is 5.57 Å². The molecule has 2 heterocycles. The molecule has 1 aliphatic rings. The van der Waals surface area contributed by atoms with E-state index in [2.05, 4.69) is 19.2 Å². The normalized spacial score (nSPS) is 15.7. The average Bonchev–Trinajstić information content (AvgIpc) is 3.20.